The van der Waals surface area contributed by atoms with Crippen LogP contribution in [0.3, 0.4) is 0 Å². The first-order valence-electron chi connectivity index (χ1n) is 7.25. The van der Waals surface area contributed by atoms with Crippen molar-refractivity contribution in [3.8, 4) is 0 Å². The molecule has 0 spiro atoms. The lowest BCUT2D eigenvalue weighted by Gasteiger charge is -2.24. The Morgan fingerprint density at radius 3 is 2.19 bits per heavy atom. The molecule has 5 nitrogen and oxygen atoms in total. The smallest absolute Gasteiger partial charge is 0.251 e. The minimum absolute atomic E-state index is 0.0751. The molecule has 0 aliphatic carbocycles. The molecule has 0 heterocycles. The summed E-state index contributed by atoms with van der Waals surface area (Å²) in [6.07, 6.45) is 0. The van der Waals surface area contributed by atoms with Gasteiger partial charge in [0.1, 0.15) is 0 Å². The molecule has 0 fully saturated rings. The summed E-state index contributed by atoms with van der Waals surface area (Å²) in [6, 6.07) is 7.38. The Kier molecular flexibility index (Phi) is 6.37. The van der Waals surface area contributed by atoms with Crippen molar-refractivity contribution in [1.82, 2.24) is 16.0 Å². The number of hydrogen-bond acceptors (Lipinski definition) is 3. The maximum atomic E-state index is 11.9. The lowest BCUT2D eigenvalue weighted by molar-refractivity contribution is -0.126. The predicted octanol–water partition coefficient (Wildman–Crippen LogP) is 1.23. The van der Waals surface area contributed by atoms with Gasteiger partial charge in [0.15, 0.2) is 0 Å². The molecule has 0 saturated carbocycles. The molecule has 1 rings (SSSR count). The highest BCUT2D eigenvalue weighted by Gasteiger charge is 2.25. The molecule has 0 saturated heterocycles. The standard InChI is InChI=1S/C16H25N3O2/c1-5-19-16(3,4)15(21)18-11-10-17-14(20)13-8-6-12(2)7-9-13/h6-9,19H,5,10-11H2,1-4H3,(H,17,20)(H,18,21). The Bertz CT molecular complexity index is 481. The van der Waals surface area contributed by atoms with E-state index in [9.17, 15) is 9.59 Å². The van der Waals surface area contributed by atoms with Crippen LogP contribution >= 0.6 is 0 Å². The predicted molar refractivity (Wildman–Crippen MR) is 84.3 cm³/mol. The molecule has 0 bridgehead atoms. The molecule has 0 unspecified atom stereocenters. The molecule has 0 aliphatic rings. The molecule has 0 aliphatic heterocycles. The zero-order valence-corrected chi connectivity index (χ0v) is 13.2. The fraction of sp³-hybridized carbons (Fsp3) is 0.500. The van der Waals surface area contributed by atoms with E-state index in [1.807, 2.05) is 39.8 Å². The molecule has 5 heteroatoms. The van der Waals surface area contributed by atoms with Crippen molar-refractivity contribution in [3.63, 3.8) is 0 Å². The Balaban J connectivity index is 2.32. The molecule has 0 radical (unpaired) electrons. The Labute approximate surface area is 126 Å². The second-order valence-electron chi connectivity index (χ2n) is 5.53. The van der Waals surface area contributed by atoms with Crippen molar-refractivity contribution in [2.45, 2.75) is 33.2 Å². The van der Waals surface area contributed by atoms with Crippen molar-refractivity contribution >= 4 is 11.8 Å². The number of benzene rings is 1. The second-order valence-corrected chi connectivity index (χ2v) is 5.53. The van der Waals surface area contributed by atoms with E-state index in [0.717, 1.165) is 12.1 Å². The summed E-state index contributed by atoms with van der Waals surface area (Å²) in [5.41, 5.74) is 1.14. The van der Waals surface area contributed by atoms with Gasteiger partial charge in [-0.15, -0.1) is 0 Å². The molecule has 0 atom stereocenters. The Morgan fingerprint density at radius 2 is 1.62 bits per heavy atom. The van der Waals surface area contributed by atoms with Crippen LogP contribution in [0.2, 0.25) is 0 Å². The molecule has 116 valence electrons. The number of carbonyl (C=O) groups is 2. The van der Waals surface area contributed by atoms with Gasteiger partial charge in [0.25, 0.3) is 5.91 Å². The fourth-order valence-electron chi connectivity index (χ4n) is 1.90. The van der Waals surface area contributed by atoms with E-state index in [1.54, 1.807) is 12.1 Å². The number of nitrogens with one attached hydrogen (secondary N) is 3. The number of likely N-dealkylation sites (N-methyl/N-ethyl adjacent to an activating group) is 1. The van der Waals surface area contributed by atoms with E-state index in [4.69, 9.17) is 0 Å². The quantitative estimate of drug-likeness (QED) is 0.662. The summed E-state index contributed by atoms with van der Waals surface area (Å²) in [6.45, 7) is 9.13. The van der Waals surface area contributed by atoms with Crippen LogP contribution in [0.25, 0.3) is 0 Å². The van der Waals surface area contributed by atoms with E-state index >= 15 is 0 Å². The third kappa shape index (κ3) is 5.55. The number of amides is 2. The summed E-state index contributed by atoms with van der Waals surface area (Å²) < 4.78 is 0. The Hall–Kier alpha value is -1.88. The highest BCUT2D eigenvalue weighted by molar-refractivity contribution is 5.94. The number of carbonyl (C=O) groups excluding carboxylic acids is 2. The molecular formula is C16H25N3O2. The van der Waals surface area contributed by atoms with E-state index < -0.39 is 5.54 Å². The first-order chi connectivity index (χ1) is 9.86. The molecule has 2 amide bonds. The van der Waals surface area contributed by atoms with Crippen molar-refractivity contribution in [3.05, 3.63) is 35.4 Å². The van der Waals surface area contributed by atoms with Gasteiger partial charge in [-0.2, -0.15) is 0 Å². The second kappa shape index (κ2) is 7.78. The SMILES string of the molecule is CCNC(C)(C)C(=O)NCCNC(=O)c1ccc(C)cc1. The zero-order valence-electron chi connectivity index (χ0n) is 13.2. The van der Waals surface area contributed by atoms with Gasteiger partial charge in [0.05, 0.1) is 5.54 Å². The highest BCUT2D eigenvalue weighted by Crippen LogP contribution is 2.03. The first kappa shape index (κ1) is 17.2. The molecule has 1 aromatic carbocycles. The summed E-state index contributed by atoms with van der Waals surface area (Å²) in [7, 11) is 0. The zero-order chi connectivity index (χ0) is 15.9. The van der Waals surface area contributed by atoms with Gasteiger partial charge in [-0.3, -0.25) is 9.59 Å². The first-order valence-corrected chi connectivity index (χ1v) is 7.25. The largest absolute Gasteiger partial charge is 0.353 e. The third-order valence-corrected chi connectivity index (χ3v) is 3.20. The van der Waals surface area contributed by atoms with Crippen LogP contribution in [-0.4, -0.2) is 37.0 Å². The van der Waals surface area contributed by atoms with Crippen molar-refractivity contribution in [2.75, 3.05) is 19.6 Å². The fourth-order valence-corrected chi connectivity index (χ4v) is 1.90. The third-order valence-electron chi connectivity index (χ3n) is 3.20. The van der Waals surface area contributed by atoms with Crippen LogP contribution in [0, 0.1) is 6.92 Å². The van der Waals surface area contributed by atoms with Gasteiger partial charge in [0.2, 0.25) is 5.91 Å². The lowest BCUT2D eigenvalue weighted by Crippen LogP contribution is -2.53. The van der Waals surface area contributed by atoms with Gasteiger partial charge >= 0.3 is 0 Å². The van der Waals surface area contributed by atoms with Crippen LogP contribution < -0.4 is 16.0 Å². The minimum Gasteiger partial charge on any atom is -0.353 e. The van der Waals surface area contributed by atoms with E-state index in [1.165, 1.54) is 0 Å². The van der Waals surface area contributed by atoms with Gasteiger partial charge in [-0.1, -0.05) is 24.6 Å². The van der Waals surface area contributed by atoms with Gasteiger partial charge in [0, 0.05) is 18.7 Å². The summed E-state index contributed by atoms with van der Waals surface area (Å²) in [5, 5.41) is 8.69. The molecule has 21 heavy (non-hydrogen) atoms. The summed E-state index contributed by atoms with van der Waals surface area (Å²) in [4.78, 5) is 23.8. The van der Waals surface area contributed by atoms with Crippen molar-refractivity contribution in [1.29, 1.82) is 0 Å². The maximum Gasteiger partial charge on any atom is 0.251 e. The van der Waals surface area contributed by atoms with E-state index in [0.29, 0.717) is 18.7 Å². The average molecular weight is 291 g/mol. The van der Waals surface area contributed by atoms with Gasteiger partial charge < -0.3 is 16.0 Å². The topological polar surface area (TPSA) is 70.2 Å². The van der Waals surface area contributed by atoms with Crippen molar-refractivity contribution in [2.24, 2.45) is 0 Å². The normalized spacial score (nSPS) is 11.0. The van der Waals surface area contributed by atoms with Gasteiger partial charge in [-0.25, -0.2) is 0 Å². The van der Waals surface area contributed by atoms with Crippen molar-refractivity contribution < 1.29 is 9.59 Å². The Morgan fingerprint density at radius 1 is 1.05 bits per heavy atom. The molecule has 3 N–H and O–H groups in total. The average Bonchev–Trinajstić information content (AvgIpc) is 2.43. The summed E-state index contributed by atoms with van der Waals surface area (Å²) in [5.74, 6) is -0.205. The molecule has 0 aromatic heterocycles. The lowest BCUT2D eigenvalue weighted by atomic mass is 10.0. The number of aryl methyl sites for hydroxylation is 1. The number of hydrogen-bond donors (Lipinski definition) is 3. The minimum atomic E-state index is -0.601. The monoisotopic (exact) mass is 291 g/mol. The van der Waals surface area contributed by atoms with Crippen LogP contribution in [0.1, 0.15) is 36.7 Å². The molecule has 1 aromatic rings. The number of rotatable bonds is 7. The van der Waals surface area contributed by atoms with Crippen LogP contribution in [0.5, 0.6) is 0 Å². The maximum absolute atomic E-state index is 11.9. The van der Waals surface area contributed by atoms with Crippen LogP contribution in [-0.2, 0) is 4.79 Å². The van der Waals surface area contributed by atoms with E-state index in [2.05, 4.69) is 16.0 Å². The molecular weight excluding hydrogens is 266 g/mol. The van der Waals surface area contributed by atoms with E-state index in [-0.39, 0.29) is 11.8 Å². The van der Waals surface area contributed by atoms with Crippen LogP contribution in [0.15, 0.2) is 24.3 Å². The summed E-state index contributed by atoms with van der Waals surface area (Å²) >= 11 is 0. The van der Waals surface area contributed by atoms with Crippen LogP contribution in [0.4, 0.5) is 0 Å². The highest BCUT2D eigenvalue weighted by atomic mass is 16.2. The van der Waals surface area contributed by atoms with Gasteiger partial charge in [-0.05, 0) is 39.4 Å².